The number of thioether (sulfide) groups is 1. The molecule has 0 radical (unpaired) electrons. The minimum atomic E-state index is -0.975. The van der Waals surface area contributed by atoms with Gasteiger partial charge in [-0.15, -0.1) is 11.8 Å². The molecule has 0 heterocycles. The van der Waals surface area contributed by atoms with Gasteiger partial charge in [-0.3, -0.25) is 0 Å². The zero-order valence-corrected chi connectivity index (χ0v) is 21.4. The van der Waals surface area contributed by atoms with Gasteiger partial charge in [0, 0.05) is 17.8 Å². The highest BCUT2D eigenvalue weighted by atomic mass is 127. The Kier molecular flexibility index (Phi) is 8.64. The minimum Gasteiger partial charge on any atom is -0.482 e. The molecule has 6 heteroatoms. The number of carbonyl (C=O) groups is 1. The average molecular weight is 642 g/mol. The van der Waals surface area contributed by atoms with Gasteiger partial charge in [-0.1, -0.05) is 30.3 Å². The summed E-state index contributed by atoms with van der Waals surface area (Å²) in [5.41, 5.74) is 4.56. The molecule has 3 aromatic carbocycles. The second-order valence-corrected chi connectivity index (χ2v) is 10.1. The van der Waals surface area contributed by atoms with E-state index in [1.165, 1.54) is 23.8 Å². The minimum absolute atomic E-state index is 0.328. The van der Waals surface area contributed by atoms with Crippen LogP contribution in [-0.2, 0) is 4.79 Å². The number of aryl methyl sites for hydroxylation is 1. The van der Waals surface area contributed by atoms with Gasteiger partial charge < -0.3 is 9.84 Å². The third kappa shape index (κ3) is 6.75. The van der Waals surface area contributed by atoms with Gasteiger partial charge in [-0.05, 0) is 117 Å². The lowest BCUT2D eigenvalue weighted by molar-refractivity contribution is -0.139. The number of carboxylic acids is 1. The lowest BCUT2D eigenvalue weighted by atomic mass is 9.98. The van der Waals surface area contributed by atoms with E-state index in [2.05, 4.69) is 99.8 Å². The molecule has 0 atom stereocenters. The molecule has 0 bridgehead atoms. The van der Waals surface area contributed by atoms with Crippen molar-refractivity contribution in [1.29, 1.82) is 0 Å². The van der Waals surface area contributed by atoms with Crippen LogP contribution in [-0.4, -0.2) is 23.4 Å². The molecule has 0 amide bonds. The second-order valence-electron chi connectivity index (χ2n) is 6.56. The van der Waals surface area contributed by atoms with Gasteiger partial charge in [-0.2, -0.15) is 0 Å². The van der Waals surface area contributed by atoms with Crippen LogP contribution in [0.15, 0.2) is 77.7 Å². The Morgan fingerprint density at radius 1 is 1.00 bits per heavy atom. The van der Waals surface area contributed by atoms with Gasteiger partial charge >= 0.3 is 5.97 Å². The number of benzene rings is 3. The van der Waals surface area contributed by atoms with Crippen LogP contribution in [0.1, 0.15) is 16.7 Å². The van der Waals surface area contributed by atoms with Crippen molar-refractivity contribution < 1.29 is 14.6 Å². The van der Waals surface area contributed by atoms with Gasteiger partial charge in [-0.25, -0.2) is 4.79 Å². The molecular formula is C24H20I2O3S. The van der Waals surface area contributed by atoms with Crippen LogP contribution in [0, 0.1) is 14.1 Å². The van der Waals surface area contributed by atoms with Crippen molar-refractivity contribution in [2.75, 3.05) is 12.4 Å². The summed E-state index contributed by atoms with van der Waals surface area (Å²) in [6.07, 6.45) is 2.27. The van der Waals surface area contributed by atoms with Crippen molar-refractivity contribution in [2.45, 2.75) is 11.8 Å². The maximum Gasteiger partial charge on any atom is 0.341 e. The topological polar surface area (TPSA) is 46.5 Å². The van der Waals surface area contributed by atoms with E-state index >= 15 is 0 Å². The summed E-state index contributed by atoms with van der Waals surface area (Å²) in [5, 5.41) is 8.77. The van der Waals surface area contributed by atoms with Gasteiger partial charge in [0.05, 0.1) is 0 Å². The summed E-state index contributed by atoms with van der Waals surface area (Å²) in [5.74, 6) is 0.452. The SMILES string of the molecule is Cc1cc(SCC=C(c2cccc(I)c2)c2cccc(I)c2)ccc1OCC(=O)O. The Balaban J connectivity index is 1.79. The van der Waals surface area contributed by atoms with Gasteiger partial charge in [0.2, 0.25) is 0 Å². The molecule has 0 aliphatic heterocycles. The van der Waals surface area contributed by atoms with E-state index in [9.17, 15) is 4.79 Å². The highest BCUT2D eigenvalue weighted by molar-refractivity contribution is 14.1. The third-order valence-electron chi connectivity index (χ3n) is 4.31. The van der Waals surface area contributed by atoms with Gasteiger partial charge in [0.25, 0.3) is 0 Å². The fourth-order valence-electron chi connectivity index (χ4n) is 2.95. The Bertz CT molecular complexity index is 1030. The number of rotatable bonds is 8. The first-order valence-electron chi connectivity index (χ1n) is 9.22. The first-order chi connectivity index (χ1) is 14.4. The molecule has 0 aliphatic rings. The fourth-order valence-corrected chi connectivity index (χ4v) is 4.90. The van der Waals surface area contributed by atoms with E-state index in [-0.39, 0.29) is 6.61 Å². The van der Waals surface area contributed by atoms with E-state index in [4.69, 9.17) is 9.84 Å². The van der Waals surface area contributed by atoms with Crippen LogP contribution >= 0.6 is 56.9 Å². The van der Waals surface area contributed by atoms with Crippen LogP contribution in [0.4, 0.5) is 0 Å². The standard InChI is InChI=1S/C24H20I2O3S/c1-16-12-21(8-9-23(16)29-15-24(27)28)30-11-10-22(17-4-2-6-19(25)13-17)18-5-3-7-20(26)14-18/h2-10,12-14H,11,15H2,1H3,(H,27,28). The highest BCUT2D eigenvalue weighted by Gasteiger charge is 2.08. The highest BCUT2D eigenvalue weighted by Crippen LogP contribution is 2.29. The third-order valence-corrected chi connectivity index (χ3v) is 6.57. The Morgan fingerprint density at radius 3 is 2.17 bits per heavy atom. The molecule has 0 spiro atoms. The molecule has 0 saturated carbocycles. The molecule has 3 nitrogen and oxygen atoms in total. The Morgan fingerprint density at radius 2 is 1.63 bits per heavy atom. The molecule has 0 fully saturated rings. The molecule has 1 N–H and O–H groups in total. The summed E-state index contributed by atoms with van der Waals surface area (Å²) in [6.45, 7) is 1.60. The van der Waals surface area contributed by atoms with Crippen LogP contribution in [0.3, 0.4) is 0 Å². The largest absolute Gasteiger partial charge is 0.482 e. The maximum atomic E-state index is 10.7. The molecule has 0 aromatic heterocycles. The molecule has 154 valence electrons. The normalized spacial score (nSPS) is 10.5. The van der Waals surface area contributed by atoms with Crippen molar-refractivity contribution in [3.05, 3.63) is 96.6 Å². The average Bonchev–Trinajstić information content (AvgIpc) is 2.70. The molecule has 30 heavy (non-hydrogen) atoms. The molecule has 3 rings (SSSR count). The Hall–Kier alpha value is -1.52. The van der Waals surface area contributed by atoms with Crippen LogP contribution in [0.2, 0.25) is 0 Å². The summed E-state index contributed by atoms with van der Waals surface area (Å²) in [7, 11) is 0. The monoisotopic (exact) mass is 642 g/mol. The van der Waals surface area contributed by atoms with Gasteiger partial charge in [0.15, 0.2) is 6.61 Å². The van der Waals surface area contributed by atoms with E-state index in [1.54, 1.807) is 11.8 Å². The van der Waals surface area contributed by atoms with Crippen LogP contribution < -0.4 is 4.74 Å². The Labute approximate surface area is 208 Å². The quantitative estimate of drug-likeness (QED) is 0.215. The fraction of sp³-hybridized carbons (Fsp3) is 0.125. The maximum absolute atomic E-state index is 10.7. The smallest absolute Gasteiger partial charge is 0.341 e. The summed E-state index contributed by atoms with van der Waals surface area (Å²) < 4.78 is 7.73. The molecule has 0 aliphatic carbocycles. The van der Waals surface area contributed by atoms with Crippen molar-refractivity contribution in [3.63, 3.8) is 0 Å². The number of carboxylic acid groups (broad SMARTS) is 1. The number of hydrogen-bond acceptors (Lipinski definition) is 3. The van der Waals surface area contributed by atoms with E-state index < -0.39 is 5.97 Å². The summed E-state index contributed by atoms with van der Waals surface area (Å²) in [6, 6.07) is 22.9. The van der Waals surface area contributed by atoms with Crippen LogP contribution in [0.25, 0.3) is 5.57 Å². The van der Waals surface area contributed by atoms with Crippen molar-refractivity contribution >= 4 is 68.5 Å². The molecule has 0 saturated heterocycles. The van der Waals surface area contributed by atoms with Crippen molar-refractivity contribution in [2.24, 2.45) is 0 Å². The van der Waals surface area contributed by atoms with E-state index in [1.807, 2.05) is 25.1 Å². The summed E-state index contributed by atoms with van der Waals surface area (Å²) >= 11 is 6.44. The van der Waals surface area contributed by atoms with Crippen molar-refractivity contribution in [1.82, 2.24) is 0 Å². The van der Waals surface area contributed by atoms with Gasteiger partial charge in [0.1, 0.15) is 5.75 Å². The predicted octanol–water partition coefficient (Wildman–Crippen LogP) is 6.89. The number of hydrogen-bond donors (Lipinski definition) is 1. The first-order valence-corrected chi connectivity index (χ1v) is 12.4. The number of ether oxygens (including phenoxy) is 1. The van der Waals surface area contributed by atoms with Crippen LogP contribution in [0.5, 0.6) is 5.75 Å². The number of aliphatic carboxylic acids is 1. The van der Waals surface area contributed by atoms with Crippen molar-refractivity contribution in [3.8, 4) is 5.75 Å². The second kappa shape index (κ2) is 11.2. The lowest BCUT2D eigenvalue weighted by Gasteiger charge is -2.11. The molecule has 3 aromatic rings. The first kappa shape index (κ1) is 23.1. The predicted molar refractivity (Wildman–Crippen MR) is 140 cm³/mol. The zero-order valence-electron chi connectivity index (χ0n) is 16.3. The number of halogens is 2. The zero-order chi connectivity index (χ0) is 21.5. The molecule has 0 unspecified atom stereocenters. The van der Waals surface area contributed by atoms with E-state index in [0.29, 0.717) is 5.75 Å². The summed E-state index contributed by atoms with van der Waals surface area (Å²) in [4.78, 5) is 11.8. The van der Waals surface area contributed by atoms with E-state index in [0.717, 1.165) is 16.2 Å². The lowest BCUT2D eigenvalue weighted by Crippen LogP contribution is -2.09. The molecular weight excluding hydrogens is 622 g/mol.